The molecule has 0 heterocycles. The topological polar surface area (TPSA) is 86.8 Å². The van der Waals surface area contributed by atoms with Crippen molar-refractivity contribution in [2.75, 3.05) is 10.8 Å². The summed E-state index contributed by atoms with van der Waals surface area (Å²) < 4.78 is 42.6. The molecule has 212 valence electrons. The van der Waals surface area contributed by atoms with Crippen molar-refractivity contribution in [1.29, 1.82) is 0 Å². The maximum Gasteiger partial charge on any atom is 0.264 e. The van der Waals surface area contributed by atoms with Gasteiger partial charge in [0.25, 0.3) is 10.0 Å². The second-order valence-electron chi connectivity index (χ2n) is 10.1. The van der Waals surface area contributed by atoms with Crippen molar-refractivity contribution in [2.45, 2.75) is 69.5 Å². The van der Waals surface area contributed by atoms with Gasteiger partial charge in [-0.25, -0.2) is 12.8 Å². The maximum atomic E-state index is 14.0. The van der Waals surface area contributed by atoms with Crippen LogP contribution in [0.3, 0.4) is 0 Å². The fraction of sp³-hybridized carbons (Fsp3) is 0.355. The molecular formula is C31H36FN3O4S. The second kappa shape index (κ2) is 13.1. The summed E-state index contributed by atoms with van der Waals surface area (Å²) >= 11 is 0. The molecule has 1 atom stereocenters. The van der Waals surface area contributed by atoms with E-state index in [0.29, 0.717) is 17.7 Å². The van der Waals surface area contributed by atoms with Gasteiger partial charge in [0.1, 0.15) is 18.4 Å². The Morgan fingerprint density at radius 2 is 1.57 bits per heavy atom. The normalized spacial score (nSPS) is 14.5. The number of para-hydroxylation sites is 1. The molecule has 1 aliphatic carbocycles. The monoisotopic (exact) mass is 565 g/mol. The molecule has 1 N–H and O–H groups in total. The lowest BCUT2D eigenvalue weighted by molar-refractivity contribution is -0.139. The Morgan fingerprint density at radius 3 is 2.23 bits per heavy atom. The number of aryl methyl sites for hydroxylation is 1. The number of carbonyl (C=O) groups is 2. The Bertz CT molecular complexity index is 1410. The van der Waals surface area contributed by atoms with Crippen LogP contribution in [0, 0.1) is 5.82 Å². The van der Waals surface area contributed by atoms with Gasteiger partial charge in [0, 0.05) is 12.6 Å². The molecule has 0 saturated heterocycles. The van der Waals surface area contributed by atoms with Gasteiger partial charge >= 0.3 is 0 Å². The summed E-state index contributed by atoms with van der Waals surface area (Å²) in [4.78, 5) is 28.7. The Labute approximate surface area is 236 Å². The summed E-state index contributed by atoms with van der Waals surface area (Å²) in [6.45, 7) is 3.08. The number of hydrogen-bond donors (Lipinski definition) is 1. The van der Waals surface area contributed by atoms with Crippen LogP contribution in [-0.4, -0.2) is 43.8 Å². The largest absolute Gasteiger partial charge is 0.352 e. The summed E-state index contributed by atoms with van der Waals surface area (Å²) in [7, 11) is -4.12. The zero-order chi connectivity index (χ0) is 28.7. The van der Waals surface area contributed by atoms with Gasteiger partial charge in [-0.05, 0) is 67.6 Å². The van der Waals surface area contributed by atoms with E-state index in [-0.39, 0.29) is 23.4 Å². The van der Waals surface area contributed by atoms with Crippen molar-refractivity contribution >= 4 is 27.5 Å². The van der Waals surface area contributed by atoms with E-state index < -0.39 is 34.3 Å². The fourth-order valence-corrected chi connectivity index (χ4v) is 6.52. The highest BCUT2D eigenvalue weighted by atomic mass is 32.2. The summed E-state index contributed by atoms with van der Waals surface area (Å²) in [5.41, 5.74) is 1.81. The van der Waals surface area contributed by atoms with Crippen LogP contribution < -0.4 is 9.62 Å². The van der Waals surface area contributed by atoms with Gasteiger partial charge in [-0.1, -0.05) is 68.3 Å². The third-order valence-corrected chi connectivity index (χ3v) is 9.16. The molecule has 3 aromatic rings. The number of sulfonamides is 1. The molecule has 0 aliphatic heterocycles. The highest BCUT2D eigenvalue weighted by Gasteiger charge is 2.34. The first-order valence-corrected chi connectivity index (χ1v) is 15.1. The smallest absolute Gasteiger partial charge is 0.264 e. The van der Waals surface area contributed by atoms with E-state index >= 15 is 0 Å². The number of halogens is 1. The predicted octanol–water partition coefficient (Wildman–Crippen LogP) is 5.06. The van der Waals surface area contributed by atoms with Gasteiger partial charge in [-0.2, -0.15) is 0 Å². The van der Waals surface area contributed by atoms with E-state index in [1.54, 1.807) is 49.4 Å². The zero-order valence-electron chi connectivity index (χ0n) is 22.9. The van der Waals surface area contributed by atoms with Crippen molar-refractivity contribution < 1.29 is 22.4 Å². The van der Waals surface area contributed by atoms with Crippen molar-refractivity contribution in [3.8, 4) is 0 Å². The van der Waals surface area contributed by atoms with Crippen LogP contribution in [0.15, 0.2) is 83.8 Å². The first-order valence-electron chi connectivity index (χ1n) is 13.7. The molecule has 1 saturated carbocycles. The minimum atomic E-state index is -4.12. The molecule has 9 heteroatoms. The number of benzene rings is 3. The minimum absolute atomic E-state index is 0.0208. The molecule has 0 spiro atoms. The van der Waals surface area contributed by atoms with Gasteiger partial charge in [-0.3, -0.25) is 13.9 Å². The number of nitrogens with zero attached hydrogens (tertiary/aromatic N) is 2. The molecule has 3 aromatic carbocycles. The van der Waals surface area contributed by atoms with Crippen molar-refractivity contribution in [3.63, 3.8) is 0 Å². The van der Waals surface area contributed by atoms with Crippen molar-refractivity contribution in [1.82, 2.24) is 10.2 Å². The van der Waals surface area contributed by atoms with Crippen molar-refractivity contribution in [2.24, 2.45) is 0 Å². The van der Waals surface area contributed by atoms with E-state index in [1.807, 2.05) is 19.1 Å². The molecule has 0 unspecified atom stereocenters. The Kier molecular flexibility index (Phi) is 9.58. The quantitative estimate of drug-likeness (QED) is 0.352. The van der Waals surface area contributed by atoms with Gasteiger partial charge < -0.3 is 10.2 Å². The number of rotatable bonds is 11. The maximum absolute atomic E-state index is 14.0. The fourth-order valence-electron chi connectivity index (χ4n) is 5.05. The molecule has 1 aliphatic rings. The molecule has 2 amide bonds. The van der Waals surface area contributed by atoms with Crippen LogP contribution >= 0.6 is 0 Å². The van der Waals surface area contributed by atoms with E-state index in [9.17, 15) is 22.4 Å². The SMILES string of the molecule is CCc1ccccc1N(CC(=O)N(Cc1ccc(F)cc1)[C@H](C)C(=O)NC1CCCC1)S(=O)(=O)c1ccccc1. The van der Waals surface area contributed by atoms with Gasteiger partial charge in [-0.15, -0.1) is 0 Å². The highest BCUT2D eigenvalue weighted by molar-refractivity contribution is 7.92. The van der Waals surface area contributed by atoms with Crippen LogP contribution in [0.2, 0.25) is 0 Å². The summed E-state index contributed by atoms with van der Waals surface area (Å²) in [6, 6.07) is 20.0. The van der Waals surface area contributed by atoms with Crippen LogP contribution in [0.4, 0.5) is 10.1 Å². The number of carbonyl (C=O) groups excluding carboxylic acids is 2. The number of amides is 2. The predicted molar refractivity (Wildman–Crippen MR) is 154 cm³/mol. The summed E-state index contributed by atoms with van der Waals surface area (Å²) in [5.74, 6) is -1.25. The lowest BCUT2D eigenvalue weighted by Crippen LogP contribution is -2.52. The minimum Gasteiger partial charge on any atom is -0.352 e. The van der Waals surface area contributed by atoms with Crippen molar-refractivity contribution in [3.05, 3.63) is 95.8 Å². The molecule has 4 rings (SSSR count). The van der Waals surface area contributed by atoms with E-state index in [4.69, 9.17) is 0 Å². The molecule has 7 nitrogen and oxygen atoms in total. The van der Waals surface area contributed by atoms with Crippen LogP contribution in [-0.2, 0) is 32.6 Å². The molecule has 0 aromatic heterocycles. The third-order valence-electron chi connectivity index (χ3n) is 7.39. The number of nitrogens with one attached hydrogen (secondary N) is 1. The summed E-state index contributed by atoms with van der Waals surface area (Å²) in [6.07, 6.45) is 4.43. The average Bonchev–Trinajstić information content (AvgIpc) is 3.48. The molecule has 1 fully saturated rings. The highest BCUT2D eigenvalue weighted by Crippen LogP contribution is 2.28. The Balaban J connectivity index is 1.70. The van der Waals surface area contributed by atoms with Crippen LogP contribution in [0.25, 0.3) is 0 Å². The second-order valence-corrected chi connectivity index (χ2v) is 12.0. The van der Waals surface area contributed by atoms with Crippen LogP contribution in [0.1, 0.15) is 50.7 Å². The van der Waals surface area contributed by atoms with Crippen LogP contribution in [0.5, 0.6) is 0 Å². The molecule has 40 heavy (non-hydrogen) atoms. The van der Waals surface area contributed by atoms with Gasteiger partial charge in [0.15, 0.2) is 0 Å². The summed E-state index contributed by atoms with van der Waals surface area (Å²) in [5, 5.41) is 3.04. The zero-order valence-corrected chi connectivity index (χ0v) is 23.7. The number of hydrogen-bond acceptors (Lipinski definition) is 4. The molecular weight excluding hydrogens is 529 g/mol. The lowest BCUT2D eigenvalue weighted by Gasteiger charge is -2.33. The third kappa shape index (κ3) is 6.88. The first kappa shape index (κ1) is 29.3. The molecule has 0 bridgehead atoms. The van der Waals surface area contributed by atoms with E-state index in [0.717, 1.165) is 35.6 Å². The lowest BCUT2D eigenvalue weighted by atomic mass is 10.1. The Hall–Kier alpha value is -3.72. The van der Waals surface area contributed by atoms with E-state index in [2.05, 4.69) is 5.32 Å². The van der Waals surface area contributed by atoms with Gasteiger partial charge in [0.2, 0.25) is 11.8 Å². The first-order chi connectivity index (χ1) is 19.2. The number of anilines is 1. The average molecular weight is 566 g/mol. The van der Waals surface area contributed by atoms with Gasteiger partial charge in [0.05, 0.1) is 10.6 Å². The standard InChI is InChI=1S/C31H36FN3O4S/c1-3-25-11-7-10-16-29(25)35(40(38,39)28-14-5-4-6-15-28)22-30(36)34(21-24-17-19-26(32)20-18-24)23(2)31(37)33-27-12-8-9-13-27/h4-7,10-11,14-20,23,27H,3,8-9,12-13,21-22H2,1-2H3,(H,33,37)/t23-/m1/s1. The molecule has 0 radical (unpaired) electrons. The van der Waals surface area contributed by atoms with E-state index in [1.165, 1.54) is 29.2 Å². The Morgan fingerprint density at radius 1 is 0.950 bits per heavy atom.